The number of aromatic carboxylic acids is 1. The molecule has 1 aromatic heterocycles. The van der Waals surface area contributed by atoms with Crippen LogP contribution >= 0.6 is 11.6 Å². The smallest absolute Gasteiger partial charge is 0.356 e. The first kappa shape index (κ1) is 11.3. The molecule has 1 aliphatic rings. The van der Waals surface area contributed by atoms with Gasteiger partial charge in [0, 0.05) is 6.61 Å². The molecule has 6 heteroatoms. The second-order valence-electron chi connectivity index (χ2n) is 3.88. The second-order valence-corrected chi connectivity index (χ2v) is 4.29. The Morgan fingerprint density at radius 3 is 3.00 bits per heavy atom. The molecule has 0 saturated carbocycles. The number of halogens is 1. The van der Waals surface area contributed by atoms with E-state index < -0.39 is 11.6 Å². The van der Waals surface area contributed by atoms with Gasteiger partial charge in [0.05, 0.1) is 11.2 Å². The Morgan fingerprint density at radius 1 is 1.69 bits per heavy atom. The summed E-state index contributed by atoms with van der Waals surface area (Å²) in [5.74, 6) is -0.776. The number of hydrogen-bond acceptors (Lipinski definition) is 4. The molecule has 1 aromatic rings. The highest BCUT2D eigenvalue weighted by Gasteiger charge is 2.35. The van der Waals surface area contributed by atoms with Gasteiger partial charge in [0.25, 0.3) is 0 Å². The van der Waals surface area contributed by atoms with E-state index in [0.29, 0.717) is 12.4 Å². The molecule has 1 aliphatic heterocycles. The zero-order valence-electron chi connectivity index (χ0n) is 8.73. The largest absolute Gasteiger partial charge is 0.476 e. The Kier molecular flexibility index (Phi) is 2.82. The van der Waals surface area contributed by atoms with Gasteiger partial charge in [-0.15, -0.1) is 0 Å². The van der Waals surface area contributed by atoms with E-state index >= 15 is 0 Å². The molecule has 5 nitrogen and oxygen atoms in total. The number of carbonyl (C=O) groups is 1. The Labute approximate surface area is 97.4 Å². The van der Waals surface area contributed by atoms with Crippen LogP contribution in [0.15, 0.2) is 6.20 Å². The normalized spacial score (nSPS) is 24.6. The fraction of sp³-hybridized carbons (Fsp3) is 0.500. The maximum Gasteiger partial charge on any atom is 0.356 e. The van der Waals surface area contributed by atoms with Crippen LogP contribution in [0.1, 0.15) is 36.1 Å². The SMILES string of the molecule is CC1(c2ncc(Cl)c(C(=O)O)n2)CCCO1. The highest BCUT2D eigenvalue weighted by atomic mass is 35.5. The standard InChI is InChI=1S/C10H11ClN2O3/c1-10(3-2-4-16-10)9-12-5-6(11)7(13-9)8(14)15/h5H,2-4H2,1H3,(H,14,15). The average molecular weight is 243 g/mol. The van der Waals surface area contributed by atoms with Crippen molar-refractivity contribution in [1.29, 1.82) is 0 Å². The Bertz CT molecular complexity index is 430. The van der Waals surface area contributed by atoms with E-state index in [9.17, 15) is 4.79 Å². The predicted molar refractivity (Wildman–Crippen MR) is 56.5 cm³/mol. The van der Waals surface area contributed by atoms with E-state index in [1.54, 1.807) is 0 Å². The molecule has 1 saturated heterocycles. The van der Waals surface area contributed by atoms with E-state index in [0.717, 1.165) is 12.8 Å². The molecule has 1 N–H and O–H groups in total. The lowest BCUT2D eigenvalue weighted by Crippen LogP contribution is -2.24. The van der Waals surface area contributed by atoms with Crippen molar-refractivity contribution >= 4 is 17.6 Å². The number of carboxylic acid groups (broad SMARTS) is 1. The summed E-state index contributed by atoms with van der Waals surface area (Å²) in [6, 6.07) is 0. The monoisotopic (exact) mass is 242 g/mol. The lowest BCUT2D eigenvalue weighted by atomic mass is 10.0. The summed E-state index contributed by atoms with van der Waals surface area (Å²) in [6.07, 6.45) is 3.01. The summed E-state index contributed by atoms with van der Waals surface area (Å²) in [6.45, 7) is 2.50. The highest BCUT2D eigenvalue weighted by Crippen LogP contribution is 2.33. The first-order valence-electron chi connectivity index (χ1n) is 4.93. The highest BCUT2D eigenvalue weighted by molar-refractivity contribution is 6.33. The molecule has 0 amide bonds. The molecule has 0 spiro atoms. The Morgan fingerprint density at radius 2 is 2.44 bits per heavy atom. The topological polar surface area (TPSA) is 72.3 Å². The van der Waals surface area contributed by atoms with Gasteiger partial charge in [-0.1, -0.05) is 11.6 Å². The summed E-state index contributed by atoms with van der Waals surface area (Å²) >= 11 is 5.70. The molecule has 0 aromatic carbocycles. The first-order valence-corrected chi connectivity index (χ1v) is 5.31. The van der Waals surface area contributed by atoms with Crippen molar-refractivity contribution < 1.29 is 14.6 Å². The van der Waals surface area contributed by atoms with Gasteiger partial charge in [-0.25, -0.2) is 14.8 Å². The van der Waals surface area contributed by atoms with Crippen molar-refractivity contribution in [3.8, 4) is 0 Å². The summed E-state index contributed by atoms with van der Waals surface area (Å²) in [7, 11) is 0. The molecular formula is C10H11ClN2O3. The predicted octanol–water partition coefficient (Wildman–Crippen LogP) is 1.85. The van der Waals surface area contributed by atoms with Gasteiger partial charge >= 0.3 is 5.97 Å². The van der Waals surface area contributed by atoms with Gasteiger partial charge < -0.3 is 9.84 Å². The number of rotatable bonds is 2. The minimum atomic E-state index is -1.16. The summed E-state index contributed by atoms with van der Waals surface area (Å²) in [5, 5.41) is 8.94. The Hall–Kier alpha value is -1.20. The number of carboxylic acids is 1. The number of nitrogens with zero attached hydrogens (tertiary/aromatic N) is 2. The fourth-order valence-electron chi connectivity index (χ4n) is 1.73. The third-order valence-electron chi connectivity index (χ3n) is 2.64. The van der Waals surface area contributed by atoms with Crippen LogP contribution in [0, 0.1) is 0 Å². The van der Waals surface area contributed by atoms with Crippen molar-refractivity contribution in [2.24, 2.45) is 0 Å². The number of ether oxygens (including phenoxy) is 1. The fourth-order valence-corrected chi connectivity index (χ4v) is 1.90. The van der Waals surface area contributed by atoms with Gasteiger partial charge in [0.2, 0.25) is 0 Å². The van der Waals surface area contributed by atoms with Gasteiger partial charge in [0.1, 0.15) is 5.60 Å². The molecule has 1 unspecified atom stereocenters. The quantitative estimate of drug-likeness (QED) is 0.857. The van der Waals surface area contributed by atoms with Gasteiger partial charge in [-0.3, -0.25) is 0 Å². The molecule has 86 valence electrons. The molecule has 16 heavy (non-hydrogen) atoms. The van der Waals surface area contributed by atoms with Crippen LogP contribution in [0.25, 0.3) is 0 Å². The molecule has 0 aliphatic carbocycles. The third kappa shape index (κ3) is 1.88. The van der Waals surface area contributed by atoms with Crippen molar-refractivity contribution in [2.75, 3.05) is 6.61 Å². The van der Waals surface area contributed by atoms with E-state index in [2.05, 4.69) is 9.97 Å². The van der Waals surface area contributed by atoms with Crippen molar-refractivity contribution in [1.82, 2.24) is 9.97 Å². The van der Waals surface area contributed by atoms with Gasteiger partial charge in [-0.2, -0.15) is 0 Å². The Balaban J connectivity index is 2.43. The van der Waals surface area contributed by atoms with E-state index in [1.165, 1.54) is 6.20 Å². The second kappa shape index (κ2) is 3.99. The van der Waals surface area contributed by atoms with E-state index in [-0.39, 0.29) is 10.7 Å². The van der Waals surface area contributed by atoms with Crippen molar-refractivity contribution in [3.05, 3.63) is 22.7 Å². The lowest BCUT2D eigenvalue weighted by Gasteiger charge is -2.21. The maximum atomic E-state index is 10.9. The van der Waals surface area contributed by atoms with Gasteiger partial charge in [-0.05, 0) is 19.8 Å². The number of aromatic nitrogens is 2. The molecule has 0 radical (unpaired) electrons. The summed E-state index contributed by atoms with van der Waals surface area (Å²) in [4.78, 5) is 18.9. The van der Waals surface area contributed by atoms with Crippen LogP contribution in [0.3, 0.4) is 0 Å². The van der Waals surface area contributed by atoms with Crippen LogP contribution in [0.4, 0.5) is 0 Å². The third-order valence-corrected chi connectivity index (χ3v) is 2.92. The summed E-state index contributed by atoms with van der Waals surface area (Å²) in [5.41, 5.74) is -0.766. The number of hydrogen-bond donors (Lipinski definition) is 1. The minimum Gasteiger partial charge on any atom is -0.476 e. The maximum absolute atomic E-state index is 10.9. The zero-order chi connectivity index (χ0) is 11.8. The minimum absolute atomic E-state index is 0.0397. The van der Waals surface area contributed by atoms with Crippen LogP contribution in [-0.2, 0) is 10.3 Å². The van der Waals surface area contributed by atoms with Crippen LogP contribution in [-0.4, -0.2) is 27.7 Å². The first-order chi connectivity index (χ1) is 7.53. The average Bonchev–Trinajstić information content (AvgIpc) is 2.66. The van der Waals surface area contributed by atoms with Crippen LogP contribution in [0.5, 0.6) is 0 Å². The van der Waals surface area contributed by atoms with E-state index in [4.69, 9.17) is 21.4 Å². The molecule has 1 atom stereocenters. The van der Waals surface area contributed by atoms with Gasteiger partial charge in [0.15, 0.2) is 11.5 Å². The summed E-state index contributed by atoms with van der Waals surface area (Å²) < 4.78 is 5.54. The van der Waals surface area contributed by atoms with Crippen molar-refractivity contribution in [3.63, 3.8) is 0 Å². The van der Waals surface area contributed by atoms with Crippen LogP contribution < -0.4 is 0 Å². The molecule has 2 rings (SSSR count). The molecular weight excluding hydrogens is 232 g/mol. The molecule has 2 heterocycles. The lowest BCUT2D eigenvalue weighted by molar-refractivity contribution is 0.00909. The van der Waals surface area contributed by atoms with Crippen molar-refractivity contribution in [2.45, 2.75) is 25.4 Å². The molecule has 0 bridgehead atoms. The van der Waals surface area contributed by atoms with E-state index in [1.807, 2.05) is 6.92 Å². The zero-order valence-corrected chi connectivity index (χ0v) is 9.49. The van der Waals surface area contributed by atoms with Crippen LogP contribution in [0.2, 0.25) is 5.02 Å². The molecule has 1 fully saturated rings.